The van der Waals surface area contributed by atoms with Gasteiger partial charge in [-0.05, 0) is 37.6 Å². The van der Waals surface area contributed by atoms with Crippen LogP contribution < -0.4 is 15.8 Å². The molecule has 150 valence electrons. The van der Waals surface area contributed by atoms with E-state index in [1.165, 1.54) is 12.1 Å². The minimum Gasteiger partial charge on any atom is -0.491 e. The third-order valence-electron chi connectivity index (χ3n) is 3.58. The summed E-state index contributed by atoms with van der Waals surface area (Å²) in [5, 5.41) is 13.3. The van der Waals surface area contributed by atoms with Crippen molar-refractivity contribution in [3.63, 3.8) is 0 Å². The fourth-order valence-electron chi connectivity index (χ4n) is 2.44. The lowest BCUT2D eigenvalue weighted by Gasteiger charge is -2.17. The van der Waals surface area contributed by atoms with Gasteiger partial charge in [-0.3, -0.25) is 14.9 Å². The van der Waals surface area contributed by atoms with Gasteiger partial charge in [0.05, 0.1) is 16.6 Å². The first-order valence-corrected chi connectivity index (χ1v) is 8.04. The fourth-order valence-corrected chi connectivity index (χ4v) is 2.44. The number of nitrogen functional groups attached to an aromatic ring is 1. The minimum absolute atomic E-state index is 0.0370. The average molecular weight is 398 g/mol. The summed E-state index contributed by atoms with van der Waals surface area (Å²) in [5.74, 6) is -1.38. The first-order chi connectivity index (χ1) is 13.0. The summed E-state index contributed by atoms with van der Waals surface area (Å²) >= 11 is 0. The average Bonchev–Trinajstić information content (AvgIpc) is 2.58. The zero-order valence-corrected chi connectivity index (χ0v) is 14.9. The molecule has 1 amide bonds. The van der Waals surface area contributed by atoms with Crippen molar-refractivity contribution in [2.75, 3.05) is 5.73 Å². The molecule has 0 aliphatic heterocycles. The summed E-state index contributed by atoms with van der Waals surface area (Å²) in [6.07, 6.45) is -3.90. The number of amides is 1. The number of ether oxygens (including phenoxy) is 1. The summed E-state index contributed by atoms with van der Waals surface area (Å²) in [5.41, 5.74) is 3.10. The maximum absolute atomic E-state index is 13.4. The first-order valence-electron chi connectivity index (χ1n) is 8.04. The van der Waals surface area contributed by atoms with E-state index < -0.39 is 46.2 Å². The largest absolute Gasteiger partial charge is 0.491 e. The molecule has 0 fully saturated rings. The van der Waals surface area contributed by atoms with Crippen LogP contribution >= 0.6 is 0 Å². The quantitative estimate of drug-likeness (QED) is 0.569. The Labute approximate surface area is 157 Å². The molecular formula is C17H17F3N4O4. The van der Waals surface area contributed by atoms with E-state index in [-0.39, 0.29) is 17.4 Å². The second kappa shape index (κ2) is 8.11. The molecule has 2 aromatic rings. The van der Waals surface area contributed by atoms with Crippen molar-refractivity contribution in [1.82, 2.24) is 10.3 Å². The highest BCUT2D eigenvalue weighted by molar-refractivity contribution is 5.99. The van der Waals surface area contributed by atoms with Crippen molar-refractivity contribution in [2.24, 2.45) is 0 Å². The molecule has 0 atom stereocenters. The van der Waals surface area contributed by atoms with Crippen LogP contribution in [0.2, 0.25) is 0 Å². The van der Waals surface area contributed by atoms with Gasteiger partial charge in [0.2, 0.25) is 5.82 Å². The number of alkyl halides is 3. The van der Waals surface area contributed by atoms with Gasteiger partial charge in [-0.25, -0.2) is 4.98 Å². The molecule has 2 rings (SSSR count). The molecule has 28 heavy (non-hydrogen) atoms. The Hall–Kier alpha value is -3.37. The molecule has 8 nitrogen and oxygen atoms in total. The second-order valence-corrected chi connectivity index (χ2v) is 6.02. The van der Waals surface area contributed by atoms with Crippen molar-refractivity contribution in [3.8, 4) is 5.75 Å². The first kappa shape index (κ1) is 20.9. The Morgan fingerprint density at radius 1 is 1.36 bits per heavy atom. The van der Waals surface area contributed by atoms with Crippen molar-refractivity contribution < 1.29 is 27.6 Å². The van der Waals surface area contributed by atoms with Crippen LogP contribution in [0.4, 0.5) is 24.7 Å². The summed E-state index contributed by atoms with van der Waals surface area (Å²) in [4.78, 5) is 26.0. The molecule has 1 aromatic carbocycles. The Balaban J connectivity index is 2.28. The Morgan fingerprint density at radius 3 is 2.61 bits per heavy atom. The Morgan fingerprint density at radius 2 is 2.04 bits per heavy atom. The van der Waals surface area contributed by atoms with E-state index in [2.05, 4.69) is 10.3 Å². The van der Waals surface area contributed by atoms with Crippen LogP contribution in [0.5, 0.6) is 5.75 Å². The van der Waals surface area contributed by atoms with E-state index >= 15 is 0 Å². The van der Waals surface area contributed by atoms with Gasteiger partial charge in [0.25, 0.3) is 5.91 Å². The molecule has 1 aromatic heterocycles. The molecule has 0 radical (unpaired) electrons. The molecule has 0 aliphatic carbocycles. The highest BCUT2D eigenvalue weighted by Crippen LogP contribution is 2.35. The molecule has 11 heteroatoms. The number of pyridine rings is 1. The summed E-state index contributed by atoms with van der Waals surface area (Å²) in [6, 6.07) is 4.43. The maximum Gasteiger partial charge on any atom is 0.416 e. The lowest BCUT2D eigenvalue weighted by Crippen LogP contribution is -2.25. The zero-order chi connectivity index (χ0) is 21.1. The fraction of sp³-hybridized carbons (Fsp3) is 0.294. The smallest absolute Gasteiger partial charge is 0.416 e. The van der Waals surface area contributed by atoms with Crippen LogP contribution in [0.3, 0.4) is 0 Å². The van der Waals surface area contributed by atoms with Crippen LogP contribution in [0.25, 0.3) is 0 Å². The van der Waals surface area contributed by atoms with Crippen LogP contribution in [0, 0.1) is 10.1 Å². The number of halogens is 3. The molecule has 0 saturated heterocycles. The number of anilines is 1. The number of nitrogens with zero attached hydrogens (tertiary/aromatic N) is 2. The minimum atomic E-state index is -4.68. The molecule has 1 heterocycles. The SMILES string of the molecule is CC(C)Oc1ccc(CNC(=O)c2ccnc(N)c2[N+](=O)[O-])c(C(F)(F)F)c1. The van der Waals surface area contributed by atoms with Crippen LogP contribution in [0.15, 0.2) is 30.5 Å². The number of nitrogens with one attached hydrogen (secondary N) is 1. The van der Waals surface area contributed by atoms with Crippen molar-refractivity contribution in [3.05, 3.63) is 57.3 Å². The predicted molar refractivity (Wildman–Crippen MR) is 93.7 cm³/mol. The number of carbonyl (C=O) groups is 1. The van der Waals surface area contributed by atoms with Crippen molar-refractivity contribution >= 4 is 17.4 Å². The Kier molecular flexibility index (Phi) is 6.06. The number of nitro groups is 1. The second-order valence-electron chi connectivity index (χ2n) is 6.02. The van der Waals surface area contributed by atoms with Crippen LogP contribution in [0.1, 0.15) is 35.3 Å². The number of hydrogen-bond donors (Lipinski definition) is 2. The molecule has 0 unspecified atom stereocenters. The number of nitrogens with two attached hydrogens (primary N) is 1. The van der Waals surface area contributed by atoms with Gasteiger partial charge in [-0.2, -0.15) is 13.2 Å². The van der Waals surface area contributed by atoms with Crippen LogP contribution in [-0.2, 0) is 12.7 Å². The van der Waals surface area contributed by atoms with Crippen molar-refractivity contribution in [2.45, 2.75) is 32.7 Å². The lowest BCUT2D eigenvalue weighted by molar-refractivity contribution is -0.384. The van der Waals surface area contributed by atoms with E-state index in [9.17, 15) is 28.1 Å². The summed E-state index contributed by atoms with van der Waals surface area (Å²) < 4.78 is 45.3. The number of rotatable bonds is 6. The maximum atomic E-state index is 13.4. The third-order valence-corrected chi connectivity index (χ3v) is 3.58. The van der Waals surface area contributed by atoms with Crippen molar-refractivity contribution in [1.29, 1.82) is 0 Å². The highest BCUT2D eigenvalue weighted by atomic mass is 19.4. The molecule has 3 N–H and O–H groups in total. The molecule has 0 aliphatic rings. The van der Waals surface area contributed by atoms with Gasteiger partial charge in [-0.1, -0.05) is 6.07 Å². The van der Waals surface area contributed by atoms with Gasteiger partial charge in [0.15, 0.2) is 0 Å². The number of benzene rings is 1. The standard InChI is InChI=1S/C17H17F3N4O4/c1-9(2)28-11-4-3-10(13(7-11)17(18,19)20)8-23-16(25)12-5-6-22-15(21)14(12)24(26)27/h3-7,9H,8H2,1-2H3,(H2,21,22)(H,23,25). The number of carbonyl (C=O) groups excluding carboxylic acids is 1. The van der Waals surface area contributed by atoms with E-state index in [0.29, 0.717) is 0 Å². The lowest BCUT2D eigenvalue weighted by atomic mass is 10.1. The topological polar surface area (TPSA) is 120 Å². The Bertz CT molecular complexity index is 900. The van der Waals surface area contributed by atoms with Crippen LogP contribution in [-0.4, -0.2) is 21.9 Å². The number of aromatic nitrogens is 1. The van der Waals surface area contributed by atoms with Gasteiger partial charge in [0.1, 0.15) is 11.3 Å². The molecular weight excluding hydrogens is 381 g/mol. The third kappa shape index (κ3) is 4.87. The normalized spacial score (nSPS) is 11.4. The highest BCUT2D eigenvalue weighted by Gasteiger charge is 2.34. The molecule has 0 bridgehead atoms. The summed E-state index contributed by atoms with van der Waals surface area (Å²) in [7, 11) is 0. The van der Waals surface area contributed by atoms with Gasteiger partial charge >= 0.3 is 11.9 Å². The predicted octanol–water partition coefficient (Wildman–Crippen LogP) is 3.31. The van der Waals surface area contributed by atoms with Gasteiger partial charge in [0, 0.05) is 12.7 Å². The van der Waals surface area contributed by atoms with Gasteiger partial charge in [-0.15, -0.1) is 0 Å². The van der Waals surface area contributed by atoms with E-state index in [4.69, 9.17) is 10.5 Å². The number of hydrogen-bond acceptors (Lipinski definition) is 6. The zero-order valence-electron chi connectivity index (χ0n) is 14.9. The van der Waals surface area contributed by atoms with E-state index in [0.717, 1.165) is 18.3 Å². The van der Waals surface area contributed by atoms with E-state index in [1.54, 1.807) is 13.8 Å². The molecule has 0 spiro atoms. The molecule has 0 saturated carbocycles. The summed E-state index contributed by atoms with van der Waals surface area (Å²) in [6.45, 7) is 2.85. The monoisotopic (exact) mass is 398 g/mol. The van der Waals surface area contributed by atoms with E-state index in [1.807, 2.05) is 0 Å². The van der Waals surface area contributed by atoms with Gasteiger partial charge < -0.3 is 15.8 Å².